The average Bonchev–Trinajstić information content (AvgIpc) is 2.87. The smallest absolute Gasteiger partial charge is 0.322 e. The van der Waals surface area contributed by atoms with Crippen molar-refractivity contribution in [2.24, 2.45) is 0 Å². The topological polar surface area (TPSA) is 29.5 Å². The van der Waals surface area contributed by atoms with Gasteiger partial charge in [-0.2, -0.15) is 0 Å². The maximum Gasteiger partial charge on any atom is 0.322 e. The summed E-state index contributed by atoms with van der Waals surface area (Å²) >= 11 is 0. The molecule has 0 spiro atoms. The Morgan fingerprint density at radius 3 is 2.89 bits per heavy atom. The van der Waals surface area contributed by atoms with Crippen LogP contribution in [0.15, 0.2) is 24.3 Å². The highest BCUT2D eigenvalue weighted by Crippen LogP contribution is 2.30. The molecule has 4 heteroatoms. The lowest BCUT2D eigenvalue weighted by molar-refractivity contribution is -0.145. The van der Waals surface area contributed by atoms with Crippen molar-refractivity contribution in [1.29, 1.82) is 0 Å². The predicted molar refractivity (Wildman–Crippen MR) is 66.8 cm³/mol. The molecule has 1 aliphatic rings. The number of carbonyl (C=O) groups is 1. The fourth-order valence-electron chi connectivity index (χ4n) is 2.52. The molecule has 0 aliphatic carbocycles. The van der Waals surface area contributed by atoms with Crippen LogP contribution in [0.1, 0.15) is 24.8 Å². The molecule has 1 aliphatic heterocycles. The lowest BCUT2D eigenvalue weighted by atomic mass is 9.98. The molecule has 0 bridgehead atoms. The number of likely N-dealkylation sites (tertiary alicyclic amines) is 1. The van der Waals surface area contributed by atoms with Crippen LogP contribution in [0.2, 0.25) is 0 Å². The number of carbonyl (C=O) groups excluding carboxylic acids is 1. The van der Waals surface area contributed by atoms with Gasteiger partial charge in [0.2, 0.25) is 0 Å². The summed E-state index contributed by atoms with van der Waals surface area (Å²) in [6, 6.07) is 6.60. The van der Waals surface area contributed by atoms with E-state index in [2.05, 4.69) is 0 Å². The number of halogens is 1. The van der Waals surface area contributed by atoms with E-state index in [0.29, 0.717) is 6.54 Å². The van der Waals surface area contributed by atoms with Gasteiger partial charge in [0.25, 0.3) is 0 Å². The highest BCUT2D eigenvalue weighted by atomic mass is 19.1. The zero-order chi connectivity index (χ0) is 13.1. The Hall–Kier alpha value is -1.42. The molecular weight excluding hydrogens is 233 g/mol. The fraction of sp³-hybridized carbons (Fsp3) is 0.500. The van der Waals surface area contributed by atoms with Gasteiger partial charge in [-0.1, -0.05) is 18.2 Å². The van der Waals surface area contributed by atoms with Crippen LogP contribution in [0.5, 0.6) is 0 Å². The standard InChI is InChI=1S/C14H18FNO2/c1-10(14(17)18-2)16-8-7-11(9-16)12-5-3-4-6-13(12)15/h3-6,10-11H,7-9H2,1-2H3/t10-,11-/m0/s1. The Balaban J connectivity index is 2.05. The van der Waals surface area contributed by atoms with Crippen molar-refractivity contribution >= 4 is 5.97 Å². The van der Waals surface area contributed by atoms with Crippen molar-refractivity contribution in [1.82, 2.24) is 4.90 Å². The van der Waals surface area contributed by atoms with E-state index in [0.717, 1.165) is 18.5 Å². The second-order valence-corrected chi connectivity index (χ2v) is 4.70. The third-order valence-electron chi connectivity index (χ3n) is 3.65. The quantitative estimate of drug-likeness (QED) is 0.771. The molecule has 0 aromatic heterocycles. The zero-order valence-corrected chi connectivity index (χ0v) is 10.7. The van der Waals surface area contributed by atoms with Gasteiger partial charge in [-0.3, -0.25) is 9.69 Å². The summed E-state index contributed by atoms with van der Waals surface area (Å²) in [5, 5.41) is 0. The van der Waals surface area contributed by atoms with Crippen molar-refractivity contribution in [3.8, 4) is 0 Å². The second kappa shape index (κ2) is 5.48. The van der Waals surface area contributed by atoms with Crippen LogP contribution in [-0.2, 0) is 9.53 Å². The number of ether oxygens (including phenoxy) is 1. The van der Waals surface area contributed by atoms with Gasteiger partial charge in [-0.25, -0.2) is 4.39 Å². The van der Waals surface area contributed by atoms with Gasteiger partial charge in [0.05, 0.1) is 7.11 Å². The van der Waals surface area contributed by atoms with E-state index in [4.69, 9.17) is 4.74 Å². The van der Waals surface area contributed by atoms with Gasteiger partial charge in [-0.15, -0.1) is 0 Å². The van der Waals surface area contributed by atoms with Gasteiger partial charge in [0.1, 0.15) is 11.9 Å². The number of benzene rings is 1. The SMILES string of the molecule is COC(=O)[C@H](C)N1CC[C@H](c2ccccc2F)C1. The van der Waals surface area contributed by atoms with Gasteiger partial charge in [0.15, 0.2) is 0 Å². The van der Waals surface area contributed by atoms with Crippen LogP contribution in [-0.4, -0.2) is 37.1 Å². The highest BCUT2D eigenvalue weighted by Gasteiger charge is 2.31. The van der Waals surface area contributed by atoms with Gasteiger partial charge < -0.3 is 4.74 Å². The zero-order valence-electron chi connectivity index (χ0n) is 10.7. The van der Waals surface area contributed by atoms with E-state index in [-0.39, 0.29) is 23.7 Å². The molecule has 3 nitrogen and oxygen atoms in total. The van der Waals surface area contributed by atoms with Crippen LogP contribution >= 0.6 is 0 Å². The number of hydrogen-bond acceptors (Lipinski definition) is 3. The summed E-state index contributed by atoms with van der Waals surface area (Å²) in [7, 11) is 1.39. The Kier molecular flexibility index (Phi) is 3.97. The largest absolute Gasteiger partial charge is 0.468 e. The first kappa shape index (κ1) is 13.0. The van der Waals surface area contributed by atoms with E-state index in [1.165, 1.54) is 13.2 Å². The van der Waals surface area contributed by atoms with E-state index in [1.54, 1.807) is 6.07 Å². The first-order chi connectivity index (χ1) is 8.63. The fourth-order valence-corrected chi connectivity index (χ4v) is 2.52. The summed E-state index contributed by atoms with van der Waals surface area (Å²) in [4.78, 5) is 13.5. The van der Waals surface area contributed by atoms with Crippen LogP contribution in [0.3, 0.4) is 0 Å². The molecule has 0 unspecified atom stereocenters. The first-order valence-electron chi connectivity index (χ1n) is 6.19. The number of rotatable bonds is 3. The third-order valence-corrected chi connectivity index (χ3v) is 3.65. The van der Waals surface area contributed by atoms with E-state index in [1.807, 2.05) is 24.0 Å². The number of methoxy groups -OCH3 is 1. The van der Waals surface area contributed by atoms with Crippen LogP contribution in [0.4, 0.5) is 4.39 Å². The molecule has 1 saturated heterocycles. The summed E-state index contributed by atoms with van der Waals surface area (Å²) in [6.45, 7) is 3.34. The third kappa shape index (κ3) is 2.53. The molecule has 1 heterocycles. The summed E-state index contributed by atoms with van der Waals surface area (Å²) < 4.78 is 18.4. The number of esters is 1. The molecule has 0 amide bonds. The number of nitrogens with zero attached hydrogens (tertiary/aromatic N) is 1. The van der Waals surface area contributed by atoms with Crippen molar-refractivity contribution in [3.05, 3.63) is 35.6 Å². The molecular formula is C14H18FNO2. The first-order valence-corrected chi connectivity index (χ1v) is 6.19. The number of hydrogen-bond donors (Lipinski definition) is 0. The molecule has 0 radical (unpaired) electrons. The van der Waals surface area contributed by atoms with Crippen LogP contribution in [0.25, 0.3) is 0 Å². The molecule has 2 rings (SSSR count). The minimum Gasteiger partial charge on any atom is -0.468 e. The normalized spacial score (nSPS) is 21.8. The molecule has 1 aromatic carbocycles. The Labute approximate surface area is 107 Å². The highest BCUT2D eigenvalue weighted by molar-refractivity contribution is 5.75. The lowest BCUT2D eigenvalue weighted by Gasteiger charge is -2.22. The molecule has 0 N–H and O–H groups in total. The molecule has 98 valence electrons. The summed E-state index contributed by atoms with van der Waals surface area (Å²) in [5.41, 5.74) is 0.747. The Morgan fingerprint density at radius 2 is 2.22 bits per heavy atom. The maximum absolute atomic E-state index is 13.7. The molecule has 18 heavy (non-hydrogen) atoms. The monoisotopic (exact) mass is 251 g/mol. The van der Waals surface area contributed by atoms with E-state index < -0.39 is 0 Å². The van der Waals surface area contributed by atoms with Crippen molar-refractivity contribution in [2.75, 3.05) is 20.2 Å². The molecule has 1 aromatic rings. The minimum atomic E-state index is -0.258. The summed E-state index contributed by atoms with van der Waals surface area (Å²) in [6.07, 6.45) is 0.877. The molecule has 1 fully saturated rings. The van der Waals surface area contributed by atoms with Crippen LogP contribution < -0.4 is 0 Å². The maximum atomic E-state index is 13.7. The van der Waals surface area contributed by atoms with E-state index in [9.17, 15) is 9.18 Å². The van der Waals surface area contributed by atoms with Crippen molar-refractivity contribution < 1.29 is 13.9 Å². The van der Waals surface area contributed by atoms with Crippen molar-refractivity contribution in [3.63, 3.8) is 0 Å². The second-order valence-electron chi connectivity index (χ2n) is 4.70. The van der Waals surface area contributed by atoms with Gasteiger partial charge >= 0.3 is 5.97 Å². The lowest BCUT2D eigenvalue weighted by Crippen LogP contribution is -2.37. The van der Waals surface area contributed by atoms with Gasteiger partial charge in [-0.05, 0) is 31.5 Å². The predicted octanol–water partition coefficient (Wildman–Crippen LogP) is 2.18. The minimum absolute atomic E-state index is 0.157. The molecule has 2 atom stereocenters. The summed E-state index contributed by atoms with van der Waals surface area (Å²) in [5.74, 6) is -0.224. The molecule has 0 saturated carbocycles. The Bertz CT molecular complexity index is 436. The van der Waals surface area contributed by atoms with Crippen molar-refractivity contribution in [2.45, 2.75) is 25.3 Å². The Morgan fingerprint density at radius 1 is 1.50 bits per heavy atom. The average molecular weight is 251 g/mol. The van der Waals surface area contributed by atoms with Gasteiger partial charge in [0, 0.05) is 12.5 Å². The van der Waals surface area contributed by atoms with Crippen LogP contribution in [0, 0.1) is 5.82 Å². The van der Waals surface area contributed by atoms with E-state index >= 15 is 0 Å².